The Morgan fingerprint density at radius 2 is 1.97 bits per heavy atom. The second-order valence-corrected chi connectivity index (χ2v) is 8.34. The molecule has 0 bridgehead atoms. The van der Waals surface area contributed by atoms with E-state index >= 15 is 0 Å². The van der Waals surface area contributed by atoms with Gasteiger partial charge in [-0.3, -0.25) is 0 Å². The zero-order valence-electron chi connectivity index (χ0n) is 17.4. The zero-order valence-corrected chi connectivity index (χ0v) is 17.4. The number of pyridine rings is 1. The quantitative estimate of drug-likeness (QED) is 0.502. The third-order valence-corrected chi connectivity index (χ3v) is 4.72. The first kappa shape index (κ1) is 19.7. The number of carbonyl (C=O) groups is 1. The van der Waals surface area contributed by atoms with Crippen molar-refractivity contribution in [3.63, 3.8) is 0 Å². The molecule has 0 unspecified atom stereocenters. The van der Waals surface area contributed by atoms with E-state index < -0.39 is 11.7 Å². The third kappa shape index (κ3) is 3.91. The molecule has 0 saturated carbocycles. The number of alkyl carbamates (subject to hydrolysis) is 1. The summed E-state index contributed by atoms with van der Waals surface area (Å²) in [5, 5.41) is 13.5. The Labute approximate surface area is 173 Å². The normalized spacial score (nSPS) is 12.3. The fourth-order valence-corrected chi connectivity index (χ4v) is 3.44. The number of fused-ring (bicyclic) bond motifs is 4. The average molecular weight is 404 g/mol. The number of nitrogens with one attached hydrogen (secondary N) is 2. The van der Waals surface area contributed by atoms with E-state index in [0.29, 0.717) is 12.2 Å². The first-order valence-corrected chi connectivity index (χ1v) is 9.78. The van der Waals surface area contributed by atoms with Crippen LogP contribution in [0.4, 0.5) is 4.79 Å². The van der Waals surface area contributed by atoms with Crippen molar-refractivity contribution < 1.29 is 9.53 Å². The molecule has 0 fully saturated rings. The molecule has 0 atom stereocenters. The molecule has 154 valence electrons. The summed E-state index contributed by atoms with van der Waals surface area (Å²) in [5.41, 5.74) is 1.77. The van der Waals surface area contributed by atoms with Crippen LogP contribution in [0.2, 0.25) is 0 Å². The van der Waals surface area contributed by atoms with Crippen LogP contribution in [-0.4, -0.2) is 32.8 Å². The van der Waals surface area contributed by atoms with E-state index in [4.69, 9.17) is 4.74 Å². The van der Waals surface area contributed by atoms with Gasteiger partial charge < -0.3 is 10.1 Å². The molecule has 2 aromatic carbocycles. The predicted molar refractivity (Wildman–Crippen MR) is 119 cm³/mol. The molecule has 2 heterocycles. The minimum Gasteiger partial charge on any atom is -0.444 e. The van der Waals surface area contributed by atoms with Crippen molar-refractivity contribution in [2.75, 3.05) is 6.54 Å². The first-order chi connectivity index (χ1) is 14.2. The van der Waals surface area contributed by atoms with Crippen LogP contribution < -0.4 is 11.0 Å². The van der Waals surface area contributed by atoms with E-state index in [1.165, 1.54) is 9.96 Å². The highest BCUT2D eigenvalue weighted by atomic mass is 16.6. The molecule has 0 spiro atoms. The zero-order chi connectivity index (χ0) is 21.5. The van der Waals surface area contributed by atoms with Crippen molar-refractivity contribution in [1.82, 2.24) is 19.9 Å². The molecule has 7 heteroatoms. The Kier molecular flexibility index (Phi) is 4.81. The van der Waals surface area contributed by atoms with Crippen molar-refractivity contribution in [2.45, 2.75) is 33.3 Å². The summed E-state index contributed by atoms with van der Waals surface area (Å²) in [6.45, 7) is 7.81. The summed E-state index contributed by atoms with van der Waals surface area (Å²) in [6, 6.07) is 10.4. The predicted octanol–water partition coefficient (Wildman–Crippen LogP) is 4.18. The number of hydrogen-bond donors (Lipinski definition) is 2. The molecule has 30 heavy (non-hydrogen) atoms. The Morgan fingerprint density at radius 3 is 2.73 bits per heavy atom. The molecule has 0 saturated heterocycles. The Balaban J connectivity index is 1.74. The van der Waals surface area contributed by atoms with Gasteiger partial charge in [-0.25, -0.2) is 19.1 Å². The second-order valence-electron chi connectivity index (χ2n) is 8.34. The van der Waals surface area contributed by atoms with E-state index in [1.807, 2.05) is 32.9 Å². The average Bonchev–Trinajstić information content (AvgIpc) is 3.03. The SMILES string of the molecule is Cc1ccc2cc3c(C=CCNC(=O)OC(C)(C)C)cn4c(=O)[nH]nc4c3cc2c1. The van der Waals surface area contributed by atoms with Crippen LogP contribution in [0.1, 0.15) is 31.9 Å². The maximum atomic E-state index is 12.2. The van der Waals surface area contributed by atoms with Gasteiger partial charge in [0, 0.05) is 18.1 Å². The first-order valence-electron chi connectivity index (χ1n) is 9.78. The van der Waals surface area contributed by atoms with Crippen LogP contribution >= 0.6 is 0 Å². The number of aromatic nitrogens is 3. The molecular formula is C23H24N4O3. The van der Waals surface area contributed by atoms with E-state index in [1.54, 1.807) is 6.20 Å². The Bertz CT molecular complexity index is 1360. The van der Waals surface area contributed by atoms with Crippen molar-refractivity contribution in [3.05, 3.63) is 64.2 Å². The van der Waals surface area contributed by atoms with Crippen LogP contribution in [0.25, 0.3) is 33.3 Å². The monoisotopic (exact) mass is 404 g/mol. The molecule has 2 aromatic heterocycles. The fraction of sp³-hybridized carbons (Fsp3) is 0.261. The standard InChI is InChI=1S/C23H24N4O3/c1-14-7-8-15-11-18-16(6-5-9-24-22(29)30-23(2,3)4)13-27-20(25-26-21(27)28)19(18)12-17(15)10-14/h5-8,10-13H,9H2,1-4H3,(H,24,29)(H,26,28). The molecule has 0 aliphatic heterocycles. The number of aryl methyl sites for hydroxylation is 1. The number of benzene rings is 2. The lowest BCUT2D eigenvalue weighted by Gasteiger charge is -2.19. The van der Waals surface area contributed by atoms with Crippen LogP contribution in [0.3, 0.4) is 0 Å². The number of amides is 1. The number of ether oxygens (including phenoxy) is 1. The van der Waals surface area contributed by atoms with Gasteiger partial charge in [0.25, 0.3) is 0 Å². The van der Waals surface area contributed by atoms with E-state index in [-0.39, 0.29) is 5.69 Å². The van der Waals surface area contributed by atoms with E-state index in [9.17, 15) is 9.59 Å². The molecule has 4 rings (SSSR count). The summed E-state index contributed by atoms with van der Waals surface area (Å²) < 4.78 is 6.74. The van der Waals surface area contributed by atoms with Gasteiger partial charge in [0.15, 0.2) is 5.65 Å². The summed E-state index contributed by atoms with van der Waals surface area (Å²) in [4.78, 5) is 24.0. The van der Waals surface area contributed by atoms with Crippen molar-refractivity contribution in [2.24, 2.45) is 0 Å². The lowest BCUT2D eigenvalue weighted by Crippen LogP contribution is -2.32. The smallest absolute Gasteiger partial charge is 0.407 e. The topological polar surface area (TPSA) is 88.5 Å². The minimum absolute atomic E-state index is 0.294. The Hall–Kier alpha value is -3.61. The van der Waals surface area contributed by atoms with Crippen LogP contribution in [0.5, 0.6) is 0 Å². The van der Waals surface area contributed by atoms with Gasteiger partial charge in [0.1, 0.15) is 5.60 Å². The summed E-state index contributed by atoms with van der Waals surface area (Å²) in [6.07, 6.45) is 5.00. The van der Waals surface area contributed by atoms with Crippen molar-refractivity contribution >= 4 is 39.4 Å². The number of carbonyl (C=O) groups excluding carboxylic acids is 1. The lowest BCUT2D eigenvalue weighted by molar-refractivity contribution is 0.0534. The van der Waals surface area contributed by atoms with Gasteiger partial charge >= 0.3 is 11.8 Å². The van der Waals surface area contributed by atoms with Crippen LogP contribution in [0.15, 0.2) is 47.4 Å². The minimum atomic E-state index is -0.545. The summed E-state index contributed by atoms with van der Waals surface area (Å²) in [5.74, 6) is 0. The van der Waals surface area contributed by atoms with Gasteiger partial charge in [0.05, 0.1) is 0 Å². The molecule has 1 amide bonds. The molecule has 0 aliphatic carbocycles. The van der Waals surface area contributed by atoms with Crippen molar-refractivity contribution in [3.8, 4) is 0 Å². The van der Waals surface area contributed by atoms with Gasteiger partial charge in [-0.05, 0) is 61.5 Å². The van der Waals surface area contributed by atoms with Gasteiger partial charge in [0.2, 0.25) is 0 Å². The molecule has 0 aliphatic rings. The highest BCUT2D eigenvalue weighted by Crippen LogP contribution is 2.29. The number of aromatic amines is 1. The summed E-state index contributed by atoms with van der Waals surface area (Å²) in [7, 11) is 0. The van der Waals surface area contributed by atoms with E-state index in [0.717, 1.165) is 27.1 Å². The lowest BCUT2D eigenvalue weighted by atomic mass is 10.00. The maximum Gasteiger partial charge on any atom is 0.407 e. The van der Waals surface area contributed by atoms with Gasteiger partial charge in [-0.2, -0.15) is 5.10 Å². The van der Waals surface area contributed by atoms with Gasteiger partial charge in [-0.15, -0.1) is 0 Å². The molecule has 2 N–H and O–H groups in total. The fourth-order valence-electron chi connectivity index (χ4n) is 3.44. The molecule has 4 aromatic rings. The molecular weight excluding hydrogens is 380 g/mol. The number of hydrogen-bond acceptors (Lipinski definition) is 4. The highest BCUT2D eigenvalue weighted by Gasteiger charge is 2.15. The van der Waals surface area contributed by atoms with Crippen LogP contribution in [0, 0.1) is 6.92 Å². The third-order valence-electron chi connectivity index (χ3n) is 4.72. The highest BCUT2D eigenvalue weighted by molar-refractivity contribution is 6.07. The van der Waals surface area contributed by atoms with Crippen LogP contribution in [-0.2, 0) is 4.74 Å². The largest absolute Gasteiger partial charge is 0.444 e. The van der Waals surface area contributed by atoms with E-state index in [2.05, 4.69) is 52.8 Å². The number of H-pyrrole nitrogens is 1. The molecule has 7 nitrogen and oxygen atoms in total. The van der Waals surface area contributed by atoms with Gasteiger partial charge in [-0.1, -0.05) is 35.9 Å². The summed E-state index contributed by atoms with van der Waals surface area (Å²) >= 11 is 0. The second kappa shape index (κ2) is 7.33. The maximum absolute atomic E-state index is 12.2. The Morgan fingerprint density at radius 1 is 1.20 bits per heavy atom. The van der Waals surface area contributed by atoms with Crippen molar-refractivity contribution in [1.29, 1.82) is 0 Å². The number of nitrogens with zero attached hydrogens (tertiary/aromatic N) is 2. The number of rotatable bonds is 3. The molecule has 0 radical (unpaired) electrons.